The van der Waals surface area contributed by atoms with E-state index in [2.05, 4.69) is 10.2 Å². The lowest BCUT2D eigenvalue weighted by Gasteiger charge is -2.25. The first-order chi connectivity index (χ1) is 9.60. The number of carboxylic acids is 1. The van der Waals surface area contributed by atoms with Crippen molar-refractivity contribution in [2.45, 2.75) is 0 Å². The van der Waals surface area contributed by atoms with Crippen LogP contribution in [-0.2, 0) is 9.53 Å². The van der Waals surface area contributed by atoms with E-state index in [4.69, 9.17) is 5.11 Å². The van der Waals surface area contributed by atoms with E-state index in [1.165, 1.54) is 7.11 Å². The number of esters is 1. The maximum absolute atomic E-state index is 11.4. The Kier molecular flexibility index (Phi) is 4.05. The summed E-state index contributed by atoms with van der Waals surface area (Å²) in [5.74, 6) is -1.38. The number of allylic oxidation sites excluding steroid dienone is 2. The van der Waals surface area contributed by atoms with Crippen molar-refractivity contribution < 1.29 is 19.4 Å². The molecule has 0 radical (unpaired) electrons. The Morgan fingerprint density at radius 2 is 2.20 bits per heavy atom. The molecule has 1 aromatic carbocycles. The highest BCUT2D eigenvalue weighted by Crippen LogP contribution is 2.15. The minimum absolute atomic E-state index is 0.230. The van der Waals surface area contributed by atoms with Gasteiger partial charge in [-0.05, 0) is 30.4 Å². The zero-order valence-corrected chi connectivity index (χ0v) is 10.9. The van der Waals surface area contributed by atoms with Crippen molar-refractivity contribution in [1.82, 2.24) is 5.01 Å². The summed E-state index contributed by atoms with van der Waals surface area (Å²) in [4.78, 5) is 22.4. The summed E-state index contributed by atoms with van der Waals surface area (Å²) >= 11 is 0. The van der Waals surface area contributed by atoms with Crippen molar-refractivity contribution in [1.29, 1.82) is 0 Å². The molecular formula is C14H14N2O4. The molecule has 2 N–H and O–H groups in total. The van der Waals surface area contributed by atoms with Crippen LogP contribution in [0.5, 0.6) is 0 Å². The quantitative estimate of drug-likeness (QED) is 0.813. The van der Waals surface area contributed by atoms with E-state index >= 15 is 0 Å². The monoisotopic (exact) mass is 274 g/mol. The first kappa shape index (κ1) is 13.7. The highest BCUT2D eigenvalue weighted by atomic mass is 16.5. The van der Waals surface area contributed by atoms with Crippen LogP contribution in [0, 0.1) is 0 Å². The minimum atomic E-state index is -0.954. The summed E-state index contributed by atoms with van der Waals surface area (Å²) in [6.07, 6.45) is 4.91. The third-order valence-electron chi connectivity index (χ3n) is 2.74. The molecule has 0 fully saturated rings. The van der Waals surface area contributed by atoms with Gasteiger partial charge in [0.15, 0.2) is 0 Å². The number of carboxylic acid groups (broad SMARTS) is 1. The summed E-state index contributed by atoms with van der Waals surface area (Å²) < 4.78 is 4.65. The van der Waals surface area contributed by atoms with E-state index in [-0.39, 0.29) is 12.1 Å². The number of benzene rings is 1. The van der Waals surface area contributed by atoms with Gasteiger partial charge in [0, 0.05) is 6.20 Å². The number of anilines is 1. The molecule has 0 saturated carbocycles. The Balaban J connectivity index is 2.08. The number of hydrogen-bond acceptors (Lipinski definition) is 5. The number of carbonyl (C=O) groups excluding carboxylic acids is 1. The van der Waals surface area contributed by atoms with Gasteiger partial charge < -0.3 is 9.84 Å². The number of carbonyl (C=O) groups is 2. The predicted octanol–water partition coefficient (Wildman–Crippen LogP) is 1.64. The number of nitrogens with zero attached hydrogens (tertiary/aromatic N) is 1. The van der Waals surface area contributed by atoms with Crippen LogP contribution >= 0.6 is 0 Å². The van der Waals surface area contributed by atoms with E-state index in [1.807, 2.05) is 0 Å². The molecule has 0 saturated heterocycles. The maximum Gasteiger partial charge on any atom is 0.337 e. The fourth-order valence-electron chi connectivity index (χ4n) is 1.77. The van der Waals surface area contributed by atoms with Crippen LogP contribution in [0.15, 0.2) is 48.2 Å². The normalized spacial score (nSPS) is 13.7. The van der Waals surface area contributed by atoms with Crippen molar-refractivity contribution in [2.75, 3.05) is 19.1 Å². The molecule has 2 rings (SSSR count). The molecule has 0 aliphatic carbocycles. The smallest absolute Gasteiger partial charge is 0.337 e. The predicted molar refractivity (Wildman–Crippen MR) is 73.0 cm³/mol. The Labute approximate surface area is 115 Å². The summed E-state index contributed by atoms with van der Waals surface area (Å²) in [7, 11) is 1.32. The Morgan fingerprint density at radius 1 is 1.40 bits per heavy atom. The maximum atomic E-state index is 11.4. The Hall–Kier alpha value is -2.76. The fourth-order valence-corrected chi connectivity index (χ4v) is 1.77. The van der Waals surface area contributed by atoms with Gasteiger partial charge in [-0.2, -0.15) is 0 Å². The molecule has 1 aliphatic rings. The molecule has 6 nitrogen and oxygen atoms in total. The molecule has 0 amide bonds. The zero-order valence-electron chi connectivity index (χ0n) is 10.9. The fraction of sp³-hybridized carbons (Fsp3) is 0.143. The average molecular weight is 274 g/mol. The van der Waals surface area contributed by atoms with Crippen molar-refractivity contribution in [3.63, 3.8) is 0 Å². The van der Waals surface area contributed by atoms with Crippen LogP contribution in [0.4, 0.5) is 5.69 Å². The summed E-state index contributed by atoms with van der Waals surface area (Å²) in [5, 5.41) is 10.6. The van der Waals surface area contributed by atoms with Gasteiger partial charge in [-0.1, -0.05) is 6.07 Å². The lowest BCUT2D eigenvalue weighted by atomic mass is 10.2. The second-order valence-electron chi connectivity index (χ2n) is 4.15. The van der Waals surface area contributed by atoms with Gasteiger partial charge in [-0.25, -0.2) is 9.59 Å². The van der Waals surface area contributed by atoms with Gasteiger partial charge in [-0.15, -0.1) is 0 Å². The van der Waals surface area contributed by atoms with Gasteiger partial charge in [-0.3, -0.25) is 10.4 Å². The molecule has 0 atom stereocenters. The molecular weight excluding hydrogens is 260 g/mol. The number of hydrazine groups is 1. The number of hydrogen-bond donors (Lipinski definition) is 2. The Bertz CT molecular complexity index is 593. The van der Waals surface area contributed by atoms with E-state index < -0.39 is 11.9 Å². The molecule has 0 aromatic heterocycles. The molecule has 0 unspecified atom stereocenters. The van der Waals surface area contributed by atoms with Gasteiger partial charge in [0.05, 0.1) is 30.5 Å². The third kappa shape index (κ3) is 3.17. The number of ether oxygens (including phenoxy) is 1. The summed E-state index contributed by atoms with van der Waals surface area (Å²) in [6.45, 7) is 0.230. The molecule has 1 aromatic rings. The number of aliphatic carboxylic acids is 1. The second-order valence-corrected chi connectivity index (χ2v) is 4.15. The van der Waals surface area contributed by atoms with Crippen molar-refractivity contribution in [3.05, 3.63) is 53.8 Å². The minimum Gasteiger partial charge on any atom is -0.478 e. The number of rotatable bonds is 4. The molecule has 1 aliphatic heterocycles. The van der Waals surface area contributed by atoms with Crippen molar-refractivity contribution in [2.24, 2.45) is 0 Å². The Morgan fingerprint density at radius 3 is 2.90 bits per heavy atom. The van der Waals surface area contributed by atoms with Crippen molar-refractivity contribution >= 4 is 17.6 Å². The number of methoxy groups -OCH3 is 1. The zero-order chi connectivity index (χ0) is 14.5. The van der Waals surface area contributed by atoms with Crippen LogP contribution in [-0.4, -0.2) is 35.7 Å². The molecule has 6 heteroatoms. The lowest BCUT2D eigenvalue weighted by Crippen LogP contribution is -2.30. The van der Waals surface area contributed by atoms with E-state index in [9.17, 15) is 9.59 Å². The molecule has 104 valence electrons. The first-order valence-electron chi connectivity index (χ1n) is 5.92. The van der Waals surface area contributed by atoms with E-state index in [0.29, 0.717) is 11.3 Å². The van der Waals surface area contributed by atoms with Gasteiger partial charge in [0.25, 0.3) is 0 Å². The topological polar surface area (TPSA) is 78.9 Å². The van der Waals surface area contributed by atoms with Gasteiger partial charge >= 0.3 is 11.9 Å². The lowest BCUT2D eigenvalue weighted by molar-refractivity contribution is -0.132. The van der Waals surface area contributed by atoms with Crippen LogP contribution in [0.1, 0.15) is 10.4 Å². The highest BCUT2D eigenvalue weighted by Gasteiger charge is 2.14. The average Bonchev–Trinajstić information content (AvgIpc) is 2.47. The van der Waals surface area contributed by atoms with Crippen LogP contribution in [0.25, 0.3) is 0 Å². The highest BCUT2D eigenvalue weighted by molar-refractivity contribution is 5.90. The van der Waals surface area contributed by atoms with E-state index in [1.54, 1.807) is 47.6 Å². The number of nitrogens with one attached hydrogen (secondary N) is 1. The molecule has 1 heterocycles. The van der Waals surface area contributed by atoms with Crippen molar-refractivity contribution in [3.8, 4) is 0 Å². The summed E-state index contributed by atoms with van der Waals surface area (Å²) in [5.41, 5.74) is 4.40. The van der Waals surface area contributed by atoms with E-state index in [0.717, 1.165) is 0 Å². The van der Waals surface area contributed by atoms with Crippen LogP contribution in [0.2, 0.25) is 0 Å². The SMILES string of the molecule is COC(=O)c1cccc(NN2C=CC=C(C(=O)O)C2)c1. The van der Waals surface area contributed by atoms with Gasteiger partial charge in [0.2, 0.25) is 0 Å². The molecule has 0 bridgehead atoms. The standard InChI is InChI=1S/C14H14N2O4/c1-20-14(19)10-4-2-6-12(8-10)15-16-7-3-5-11(9-16)13(17)18/h2-8,15H,9H2,1H3,(H,17,18). The molecule has 0 spiro atoms. The molecule has 20 heavy (non-hydrogen) atoms. The largest absolute Gasteiger partial charge is 0.478 e. The second kappa shape index (κ2) is 5.92. The van der Waals surface area contributed by atoms with Crippen LogP contribution in [0.3, 0.4) is 0 Å². The van der Waals surface area contributed by atoms with Gasteiger partial charge in [0.1, 0.15) is 0 Å². The van der Waals surface area contributed by atoms with Crippen LogP contribution < -0.4 is 5.43 Å². The first-order valence-corrected chi connectivity index (χ1v) is 5.92. The summed E-state index contributed by atoms with van der Waals surface area (Å²) in [6, 6.07) is 6.78. The third-order valence-corrected chi connectivity index (χ3v) is 2.74.